The summed E-state index contributed by atoms with van der Waals surface area (Å²) in [5.41, 5.74) is 3.22. The van der Waals surface area contributed by atoms with Crippen LogP contribution >= 0.6 is 23.6 Å². The van der Waals surface area contributed by atoms with Crippen LogP contribution in [-0.4, -0.2) is 23.3 Å². The molecule has 0 amide bonds. The summed E-state index contributed by atoms with van der Waals surface area (Å²) in [4.78, 5) is 13.7. The number of esters is 1. The van der Waals surface area contributed by atoms with Crippen molar-refractivity contribution in [2.75, 3.05) is 17.7 Å². The lowest BCUT2D eigenvalue weighted by molar-refractivity contribution is 0.0601. The third-order valence-electron chi connectivity index (χ3n) is 4.69. The first-order chi connectivity index (χ1) is 13.0. The molecule has 1 aliphatic rings. The molecule has 0 saturated heterocycles. The van der Waals surface area contributed by atoms with E-state index < -0.39 is 0 Å². The quantitative estimate of drug-likeness (QED) is 0.379. The van der Waals surface area contributed by atoms with Crippen molar-refractivity contribution in [3.8, 4) is 5.75 Å². The predicted octanol–water partition coefficient (Wildman–Crippen LogP) is 5.02. The van der Waals surface area contributed by atoms with Crippen molar-refractivity contribution >= 4 is 45.3 Å². The summed E-state index contributed by atoms with van der Waals surface area (Å²) in [5, 5.41) is 17.2. The van der Waals surface area contributed by atoms with Crippen LogP contribution in [0.1, 0.15) is 52.0 Å². The number of aryl methyl sites for hydroxylation is 2. The third kappa shape index (κ3) is 4.59. The van der Waals surface area contributed by atoms with Gasteiger partial charge in [0.1, 0.15) is 10.8 Å². The van der Waals surface area contributed by atoms with Gasteiger partial charge >= 0.3 is 5.97 Å². The molecule has 1 aromatic carbocycles. The lowest BCUT2D eigenvalue weighted by atomic mass is 9.96. The number of hydrogen-bond donors (Lipinski definition) is 3. The minimum atomic E-state index is -0.336. The molecule has 7 heteroatoms. The molecule has 5 nitrogen and oxygen atoms in total. The van der Waals surface area contributed by atoms with Crippen molar-refractivity contribution in [3.05, 3.63) is 39.8 Å². The Hall–Kier alpha value is -2.12. The van der Waals surface area contributed by atoms with Gasteiger partial charge in [-0.25, -0.2) is 4.79 Å². The maximum atomic E-state index is 12.4. The molecule has 0 saturated carbocycles. The van der Waals surface area contributed by atoms with E-state index in [-0.39, 0.29) is 11.7 Å². The van der Waals surface area contributed by atoms with Crippen molar-refractivity contribution in [1.82, 2.24) is 0 Å². The van der Waals surface area contributed by atoms with Crippen LogP contribution in [0.2, 0.25) is 0 Å². The van der Waals surface area contributed by atoms with Gasteiger partial charge in [0.25, 0.3) is 0 Å². The summed E-state index contributed by atoms with van der Waals surface area (Å²) in [7, 11) is 1.40. The number of nitrogens with one attached hydrogen (secondary N) is 2. The summed E-state index contributed by atoms with van der Waals surface area (Å²) < 4.78 is 5.03. The molecular formula is C20H24N2O3S2. The molecule has 3 N–H and O–H groups in total. The van der Waals surface area contributed by atoms with E-state index in [0.29, 0.717) is 21.4 Å². The molecule has 144 valence electrons. The number of methoxy groups -OCH3 is 1. The Morgan fingerprint density at radius 3 is 2.67 bits per heavy atom. The molecule has 0 unspecified atom stereocenters. The molecule has 0 radical (unpaired) electrons. The summed E-state index contributed by atoms with van der Waals surface area (Å²) >= 11 is 6.99. The molecule has 3 rings (SSSR count). The second-order valence-corrected chi connectivity index (χ2v) is 8.23. The monoisotopic (exact) mass is 404 g/mol. The lowest BCUT2D eigenvalue weighted by Crippen LogP contribution is -2.20. The molecular weight excluding hydrogens is 380 g/mol. The van der Waals surface area contributed by atoms with E-state index in [9.17, 15) is 9.90 Å². The standard InChI is InChI=1S/C20H24N2O3S2/c1-12-9-10-15(23)14(11-12)21-20(26)22-18-17(19(24)25-2)13-7-5-3-4-6-8-16(13)27-18/h9-11,23H,3-8H2,1-2H3,(H2,21,22,26). The number of ether oxygens (including phenoxy) is 1. The average molecular weight is 405 g/mol. The zero-order valence-corrected chi connectivity index (χ0v) is 17.2. The fourth-order valence-corrected chi connectivity index (χ4v) is 4.89. The second-order valence-electron chi connectivity index (χ2n) is 6.71. The van der Waals surface area contributed by atoms with Crippen molar-refractivity contribution in [1.29, 1.82) is 0 Å². The number of rotatable bonds is 3. The van der Waals surface area contributed by atoms with Crippen LogP contribution in [0.15, 0.2) is 18.2 Å². The van der Waals surface area contributed by atoms with Crippen LogP contribution in [0.25, 0.3) is 0 Å². The molecule has 27 heavy (non-hydrogen) atoms. The fraction of sp³-hybridized carbons (Fsp3) is 0.400. The maximum absolute atomic E-state index is 12.4. The van der Waals surface area contributed by atoms with E-state index in [1.807, 2.05) is 19.1 Å². The van der Waals surface area contributed by atoms with Crippen LogP contribution in [0.3, 0.4) is 0 Å². The molecule has 2 aromatic rings. The average Bonchev–Trinajstić information content (AvgIpc) is 2.93. The first kappa shape index (κ1) is 19.6. The van der Waals surface area contributed by atoms with E-state index in [2.05, 4.69) is 10.6 Å². The van der Waals surface area contributed by atoms with Gasteiger partial charge < -0.3 is 20.5 Å². The molecule has 0 bridgehead atoms. The van der Waals surface area contributed by atoms with Gasteiger partial charge in [-0.15, -0.1) is 11.3 Å². The van der Waals surface area contributed by atoms with Gasteiger partial charge in [0.15, 0.2) is 5.11 Å². The largest absolute Gasteiger partial charge is 0.506 e. The summed E-state index contributed by atoms with van der Waals surface area (Å²) in [5.74, 6) is -0.215. The Morgan fingerprint density at radius 1 is 1.19 bits per heavy atom. The zero-order chi connectivity index (χ0) is 19.4. The Balaban J connectivity index is 1.86. The van der Waals surface area contributed by atoms with E-state index in [4.69, 9.17) is 17.0 Å². The van der Waals surface area contributed by atoms with Crippen molar-refractivity contribution in [2.24, 2.45) is 0 Å². The van der Waals surface area contributed by atoms with Crippen molar-refractivity contribution < 1.29 is 14.6 Å². The van der Waals surface area contributed by atoms with Crippen LogP contribution in [0.5, 0.6) is 5.75 Å². The Bertz CT molecular complexity index is 861. The Labute approximate surface area is 168 Å². The van der Waals surface area contributed by atoms with Gasteiger partial charge in [-0.1, -0.05) is 18.9 Å². The van der Waals surface area contributed by atoms with Gasteiger partial charge in [-0.2, -0.15) is 0 Å². The summed E-state index contributed by atoms with van der Waals surface area (Å²) in [6.07, 6.45) is 6.48. The molecule has 1 heterocycles. The number of hydrogen-bond acceptors (Lipinski definition) is 5. The molecule has 0 spiro atoms. The van der Waals surface area contributed by atoms with E-state index in [0.717, 1.165) is 36.8 Å². The van der Waals surface area contributed by atoms with Crippen molar-refractivity contribution in [2.45, 2.75) is 45.4 Å². The van der Waals surface area contributed by atoms with Crippen LogP contribution < -0.4 is 10.6 Å². The number of carbonyl (C=O) groups is 1. The summed E-state index contributed by atoms with van der Waals surface area (Å²) in [6.45, 7) is 1.94. The first-order valence-electron chi connectivity index (χ1n) is 9.10. The topological polar surface area (TPSA) is 70.6 Å². The number of carbonyl (C=O) groups excluding carboxylic acids is 1. The number of thiocarbonyl (C=S) groups is 1. The highest BCUT2D eigenvalue weighted by atomic mass is 32.1. The number of phenolic OH excluding ortho intramolecular Hbond substituents is 1. The third-order valence-corrected chi connectivity index (χ3v) is 6.10. The van der Waals surface area contributed by atoms with E-state index >= 15 is 0 Å². The lowest BCUT2D eigenvalue weighted by Gasteiger charge is -2.13. The molecule has 0 atom stereocenters. The molecule has 1 aliphatic carbocycles. The molecule has 0 fully saturated rings. The zero-order valence-electron chi connectivity index (χ0n) is 15.6. The van der Waals surface area contributed by atoms with E-state index in [1.54, 1.807) is 17.4 Å². The predicted molar refractivity (Wildman–Crippen MR) is 114 cm³/mol. The highest BCUT2D eigenvalue weighted by Gasteiger charge is 2.25. The molecule has 0 aliphatic heterocycles. The minimum Gasteiger partial charge on any atom is -0.506 e. The number of phenols is 1. The Morgan fingerprint density at radius 2 is 1.93 bits per heavy atom. The molecule has 1 aromatic heterocycles. The number of aromatic hydroxyl groups is 1. The van der Waals surface area contributed by atoms with Gasteiger partial charge in [0.2, 0.25) is 0 Å². The smallest absolute Gasteiger partial charge is 0.341 e. The minimum absolute atomic E-state index is 0.122. The summed E-state index contributed by atoms with van der Waals surface area (Å²) in [6, 6.07) is 5.26. The van der Waals surface area contributed by atoms with Gasteiger partial charge in [0, 0.05) is 4.88 Å². The number of benzene rings is 1. The normalized spacial score (nSPS) is 13.9. The highest BCUT2D eigenvalue weighted by Crippen LogP contribution is 2.37. The van der Waals surface area contributed by atoms with Gasteiger partial charge in [-0.05, 0) is 68.1 Å². The maximum Gasteiger partial charge on any atom is 0.341 e. The number of fused-ring (bicyclic) bond motifs is 1. The van der Waals surface area contributed by atoms with Crippen LogP contribution in [0.4, 0.5) is 10.7 Å². The van der Waals surface area contributed by atoms with Crippen molar-refractivity contribution in [3.63, 3.8) is 0 Å². The van der Waals surface area contributed by atoms with Gasteiger partial charge in [-0.3, -0.25) is 0 Å². The van der Waals surface area contributed by atoms with E-state index in [1.165, 1.54) is 24.8 Å². The Kier molecular flexibility index (Phi) is 6.34. The highest BCUT2D eigenvalue weighted by molar-refractivity contribution is 7.80. The number of anilines is 2. The van der Waals surface area contributed by atoms with Crippen LogP contribution in [-0.2, 0) is 17.6 Å². The van der Waals surface area contributed by atoms with Crippen LogP contribution in [0, 0.1) is 6.92 Å². The first-order valence-corrected chi connectivity index (χ1v) is 10.3. The number of thiophene rings is 1. The SMILES string of the molecule is COC(=O)c1c(NC(=S)Nc2cc(C)ccc2O)sc2c1CCCCCC2. The van der Waals surface area contributed by atoms with Gasteiger partial charge in [0.05, 0.1) is 18.4 Å². The fourth-order valence-electron chi connectivity index (χ4n) is 3.33. The second kappa shape index (κ2) is 8.71.